The molecule has 0 aliphatic rings. The lowest BCUT2D eigenvalue weighted by atomic mass is 10.1. The van der Waals surface area contributed by atoms with E-state index in [1.807, 2.05) is 6.07 Å². The van der Waals surface area contributed by atoms with Crippen molar-refractivity contribution in [2.75, 3.05) is 0 Å². The number of pyridine rings is 2. The molecule has 1 aromatic carbocycles. The third kappa shape index (κ3) is 3.08. The van der Waals surface area contributed by atoms with Crippen LogP contribution in [0.4, 0.5) is 8.78 Å². The maximum Gasteiger partial charge on any atom is 0.141 e. The highest BCUT2D eigenvalue weighted by Crippen LogP contribution is 2.26. The maximum atomic E-state index is 13.4. The first-order valence-corrected chi connectivity index (χ1v) is 7.84. The van der Waals surface area contributed by atoms with Crippen LogP contribution in [-0.4, -0.2) is 19.7 Å². The van der Waals surface area contributed by atoms with Crippen molar-refractivity contribution in [2.45, 2.75) is 6.54 Å². The Labute approximate surface area is 146 Å². The lowest BCUT2D eigenvalue weighted by molar-refractivity contribution is 0.613. The van der Waals surface area contributed by atoms with Crippen LogP contribution in [0.15, 0.2) is 55.1 Å². The monoisotopic (exact) mass is 356 g/mol. The Bertz CT molecular complexity index is 1080. The Morgan fingerprint density at radius 1 is 0.960 bits per heavy atom. The predicted molar refractivity (Wildman–Crippen MR) is 91.2 cm³/mol. The number of benzene rings is 1. The van der Waals surface area contributed by atoms with Crippen LogP contribution in [0.25, 0.3) is 22.2 Å². The topological polar surface area (TPSA) is 43.6 Å². The molecule has 25 heavy (non-hydrogen) atoms. The summed E-state index contributed by atoms with van der Waals surface area (Å²) in [5.74, 6) is -0.864. The SMILES string of the molecule is Fc1cncc(Cn2ncc3ncc(-c4ccc(F)c(Cl)c4)cc32)c1. The minimum absolute atomic E-state index is 0.0527. The number of nitrogens with zero attached hydrogens (tertiary/aromatic N) is 4. The van der Waals surface area contributed by atoms with E-state index in [0.29, 0.717) is 17.6 Å². The molecule has 7 heteroatoms. The number of hydrogen-bond acceptors (Lipinski definition) is 3. The number of fused-ring (bicyclic) bond motifs is 1. The van der Waals surface area contributed by atoms with Gasteiger partial charge in [-0.3, -0.25) is 14.6 Å². The third-order valence-corrected chi connectivity index (χ3v) is 4.13. The van der Waals surface area contributed by atoms with Crippen LogP contribution >= 0.6 is 11.6 Å². The van der Waals surface area contributed by atoms with Gasteiger partial charge in [-0.05, 0) is 35.4 Å². The third-order valence-electron chi connectivity index (χ3n) is 3.84. The van der Waals surface area contributed by atoms with Crippen LogP contribution in [0.1, 0.15) is 5.56 Å². The molecule has 0 spiro atoms. The van der Waals surface area contributed by atoms with Crippen molar-refractivity contribution in [3.05, 3.63) is 77.3 Å². The van der Waals surface area contributed by atoms with E-state index < -0.39 is 11.6 Å². The molecule has 0 saturated heterocycles. The van der Waals surface area contributed by atoms with E-state index >= 15 is 0 Å². The Balaban J connectivity index is 1.75. The van der Waals surface area contributed by atoms with E-state index in [1.165, 1.54) is 12.1 Å². The van der Waals surface area contributed by atoms with Crippen LogP contribution < -0.4 is 0 Å². The Morgan fingerprint density at radius 2 is 1.84 bits per heavy atom. The summed E-state index contributed by atoms with van der Waals surface area (Å²) in [6, 6.07) is 7.82. The molecular weight excluding hydrogens is 346 g/mol. The molecule has 0 fully saturated rings. The van der Waals surface area contributed by atoms with Gasteiger partial charge in [0.05, 0.1) is 29.5 Å². The lowest BCUT2D eigenvalue weighted by Crippen LogP contribution is -2.02. The molecule has 3 aromatic heterocycles. The van der Waals surface area contributed by atoms with Gasteiger partial charge in [-0.2, -0.15) is 5.10 Å². The van der Waals surface area contributed by atoms with Gasteiger partial charge in [-0.25, -0.2) is 8.78 Å². The molecule has 0 amide bonds. The van der Waals surface area contributed by atoms with Gasteiger partial charge in [-0.15, -0.1) is 0 Å². The van der Waals surface area contributed by atoms with Crippen molar-refractivity contribution >= 4 is 22.6 Å². The lowest BCUT2D eigenvalue weighted by Gasteiger charge is -2.06. The summed E-state index contributed by atoms with van der Waals surface area (Å²) in [5.41, 5.74) is 3.72. The molecule has 0 N–H and O–H groups in total. The molecule has 4 aromatic rings. The molecule has 3 heterocycles. The summed E-state index contributed by atoms with van der Waals surface area (Å²) < 4.78 is 28.4. The number of hydrogen-bond donors (Lipinski definition) is 0. The highest BCUT2D eigenvalue weighted by Gasteiger charge is 2.09. The Kier molecular flexibility index (Phi) is 3.89. The second kappa shape index (κ2) is 6.22. The van der Waals surface area contributed by atoms with Crippen LogP contribution in [-0.2, 0) is 6.54 Å². The van der Waals surface area contributed by atoms with Gasteiger partial charge < -0.3 is 0 Å². The highest BCUT2D eigenvalue weighted by molar-refractivity contribution is 6.31. The first-order valence-electron chi connectivity index (χ1n) is 7.46. The summed E-state index contributed by atoms with van der Waals surface area (Å²) in [4.78, 5) is 8.23. The molecule has 0 radical (unpaired) electrons. The van der Waals surface area contributed by atoms with Crippen molar-refractivity contribution in [3.63, 3.8) is 0 Å². The number of aromatic nitrogens is 4. The fourth-order valence-corrected chi connectivity index (χ4v) is 2.81. The van der Waals surface area contributed by atoms with E-state index in [4.69, 9.17) is 11.6 Å². The molecule has 0 saturated carbocycles. The molecule has 0 atom stereocenters. The average molecular weight is 357 g/mol. The van der Waals surface area contributed by atoms with Crippen molar-refractivity contribution < 1.29 is 8.78 Å². The molecule has 4 rings (SSSR count). The molecule has 124 valence electrons. The summed E-state index contributed by atoms with van der Waals surface area (Å²) in [6.07, 6.45) is 6.07. The minimum Gasteiger partial charge on any atom is -0.261 e. The number of halogens is 3. The van der Waals surface area contributed by atoms with Gasteiger partial charge in [0, 0.05) is 18.0 Å². The van der Waals surface area contributed by atoms with Crippen molar-refractivity contribution in [1.29, 1.82) is 0 Å². The first-order chi connectivity index (χ1) is 12.1. The van der Waals surface area contributed by atoms with Gasteiger partial charge in [0.1, 0.15) is 17.2 Å². The fourth-order valence-electron chi connectivity index (χ4n) is 2.63. The summed E-state index contributed by atoms with van der Waals surface area (Å²) in [6.45, 7) is 0.365. The highest BCUT2D eigenvalue weighted by atomic mass is 35.5. The van der Waals surface area contributed by atoms with E-state index in [2.05, 4.69) is 15.1 Å². The average Bonchev–Trinajstić information content (AvgIpc) is 2.99. The molecule has 0 aliphatic carbocycles. The smallest absolute Gasteiger partial charge is 0.141 e. The molecule has 0 unspecified atom stereocenters. The van der Waals surface area contributed by atoms with Gasteiger partial charge in [-0.1, -0.05) is 17.7 Å². The fraction of sp³-hybridized carbons (Fsp3) is 0.0556. The zero-order valence-electron chi connectivity index (χ0n) is 12.8. The summed E-state index contributed by atoms with van der Waals surface area (Å²) >= 11 is 5.86. The normalized spacial score (nSPS) is 11.2. The van der Waals surface area contributed by atoms with E-state index in [1.54, 1.807) is 35.4 Å². The Hall–Kier alpha value is -2.86. The van der Waals surface area contributed by atoms with Crippen LogP contribution in [0.3, 0.4) is 0 Å². The van der Waals surface area contributed by atoms with E-state index in [9.17, 15) is 8.78 Å². The Morgan fingerprint density at radius 3 is 2.64 bits per heavy atom. The second-order valence-electron chi connectivity index (χ2n) is 5.57. The second-order valence-corrected chi connectivity index (χ2v) is 5.98. The van der Waals surface area contributed by atoms with E-state index in [0.717, 1.165) is 22.8 Å². The maximum absolute atomic E-state index is 13.4. The number of rotatable bonds is 3. The van der Waals surface area contributed by atoms with Gasteiger partial charge in [0.25, 0.3) is 0 Å². The van der Waals surface area contributed by atoms with Crippen molar-refractivity contribution in [1.82, 2.24) is 19.7 Å². The summed E-state index contributed by atoms with van der Waals surface area (Å²) in [5, 5.41) is 4.36. The van der Waals surface area contributed by atoms with Gasteiger partial charge >= 0.3 is 0 Å². The van der Waals surface area contributed by atoms with Gasteiger partial charge in [0.2, 0.25) is 0 Å². The van der Waals surface area contributed by atoms with Crippen LogP contribution in [0, 0.1) is 11.6 Å². The van der Waals surface area contributed by atoms with Crippen LogP contribution in [0.5, 0.6) is 0 Å². The largest absolute Gasteiger partial charge is 0.261 e. The first kappa shape index (κ1) is 15.7. The van der Waals surface area contributed by atoms with Crippen molar-refractivity contribution in [3.8, 4) is 11.1 Å². The van der Waals surface area contributed by atoms with E-state index in [-0.39, 0.29) is 5.02 Å². The molecule has 4 nitrogen and oxygen atoms in total. The standard InChI is InChI=1S/C18H11ClF2N4/c19-15-4-12(1-2-16(15)21)13-5-18-17(23-7-13)9-24-25(18)10-11-3-14(20)8-22-6-11/h1-9H,10H2. The summed E-state index contributed by atoms with van der Waals surface area (Å²) in [7, 11) is 0. The predicted octanol–water partition coefficient (Wildman–Crippen LogP) is 4.47. The molecule has 0 bridgehead atoms. The van der Waals surface area contributed by atoms with Gasteiger partial charge in [0.15, 0.2) is 0 Å². The quantitative estimate of drug-likeness (QED) is 0.544. The molecule has 0 aliphatic heterocycles. The van der Waals surface area contributed by atoms with Crippen molar-refractivity contribution in [2.24, 2.45) is 0 Å². The minimum atomic E-state index is -0.469. The zero-order valence-corrected chi connectivity index (χ0v) is 13.6. The zero-order chi connectivity index (χ0) is 17.4. The molecular formula is C18H11ClF2N4. The van der Waals surface area contributed by atoms with Crippen LogP contribution in [0.2, 0.25) is 5.02 Å².